The fourth-order valence-electron chi connectivity index (χ4n) is 2.75. The van der Waals surface area contributed by atoms with Gasteiger partial charge in [0, 0.05) is 24.2 Å². The topological polar surface area (TPSA) is 109 Å². The third kappa shape index (κ3) is 4.12. The van der Waals surface area contributed by atoms with Crippen molar-refractivity contribution in [2.75, 3.05) is 17.7 Å². The number of aryl methyl sites for hydroxylation is 1. The molecule has 1 aromatic heterocycles. The molecule has 1 fully saturated rings. The normalized spacial score (nSPS) is 19.6. The predicted octanol–water partition coefficient (Wildman–Crippen LogP) is 1.80. The molecule has 1 aliphatic rings. The minimum absolute atomic E-state index is 0.0132. The van der Waals surface area contributed by atoms with Gasteiger partial charge in [0.15, 0.2) is 6.29 Å². The quantitative estimate of drug-likeness (QED) is 0.666. The number of benzene rings is 1. The zero-order chi connectivity index (χ0) is 18.7. The number of hydrogen-bond donors (Lipinski definition) is 4. The van der Waals surface area contributed by atoms with Crippen molar-refractivity contribution in [3.63, 3.8) is 0 Å². The molecule has 0 saturated carbocycles. The average Bonchev–Trinajstić information content (AvgIpc) is 2.95. The summed E-state index contributed by atoms with van der Waals surface area (Å²) >= 11 is 0. The van der Waals surface area contributed by atoms with Gasteiger partial charge >= 0.3 is 6.03 Å². The molecule has 0 bridgehead atoms. The summed E-state index contributed by atoms with van der Waals surface area (Å²) < 4.78 is 6.64. The van der Waals surface area contributed by atoms with Gasteiger partial charge in [-0.25, -0.2) is 9.48 Å². The second kappa shape index (κ2) is 7.44. The molecule has 3 rings (SSSR count). The molecule has 9 heteroatoms. The zero-order valence-corrected chi connectivity index (χ0v) is 14.9. The number of ether oxygens (including phenoxy) is 1. The van der Waals surface area contributed by atoms with E-state index in [1.165, 1.54) is 0 Å². The van der Waals surface area contributed by atoms with Crippen molar-refractivity contribution >= 4 is 23.4 Å². The number of amides is 3. The Hall–Kier alpha value is -3.07. The molecule has 0 spiro atoms. The summed E-state index contributed by atoms with van der Waals surface area (Å²) in [5.74, 6) is 1.11. The molecular formula is C17H22N6O3. The van der Waals surface area contributed by atoms with E-state index in [1.807, 2.05) is 13.8 Å². The minimum atomic E-state index is -0.517. The van der Waals surface area contributed by atoms with E-state index in [9.17, 15) is 9.59 Å². The van der Waals surface area contributed by atoms with Crippen LogP contribution in [0.4, 0.5) is 16.3 Å². The maximum absolute atomic E-state index is 12.3. The van der Waals surface area contributed by atoms with Gasteiger partial charge < -0.3 is 15.4 Å². The number of hydrogen-bond acceptors (Lipinski definition) is 5. The van der Waals surface area contributed by atoms with E-state index in [0.29, 0.717) is 23.7 Å². The van der Waals surface area contributed by atoms with Crippen molar-refractivity contribution in [2.24, 2.45) is 0 Å². The van der Waals surface area contributed by atoms with Gasteiger partial charge in [-0.15, -0.1) is 0 Å². The first-order valence-corrected chi connectivity index (χ1v) is 8.28. The van der Waals surface area contributed by atoms with Crippen LogP contribution in [0.5, 0.6) is 5.75 Å². The largest absolute Gasteiger partial charge is 0.497 e. The van der Waals surface area contributed by atoms with Gasteiger partial charge in [0.05, 0.1) is 12.8 Å². The number of urea groups is 1. The SMILES string of the molecule is COc1ccc(NC(=O)Nc2cc(C)nn2C2NC(=O)CC(C)N2)cc1. The van der Waals surface area contributed by atoms with Crippen molar-refractivity contribution in [2.45, 2.75) is 32.6 Å². The lowest BCUT2D eigenvalue weighted by Gasteiger charge is -2.30. The number of anilines is 2. The second-order valence-electron chi connectivity index (χ2n) is 6.17. The summed E-state index contributed by atoms with van der Waals surface area (Å²) in [5, 5.41) is 15.9. The monoisotopic (exact) mass is 358 g/mol. The lowest BCUT2D eigenvalue weighted by atomic mass is 10.2. The summed E-state index contributed by atoms with van der Waals surface area (Å²) in [7, 11) is 1.58. The van der Waals surface area contributed by atoms with Crippen molar-refractivity contribution in [1.82, 2.24) is 20.4 Å². The van der Waals surface area contributed by atoms with E-state index in [-0.39, 0.29) is 11.9 Å². The maximum Gasteiger partial charge on any atom is 0.324 e. The predicted molar refractivity (Wildman–Crippen MR) is 97.0 cm³/mol. The molecule has 2 atom stereocenters. The van der Waals surface area contributed by atoms with E-state index in [2.05, 4.69) is 26.4 Å². The van der Waals surface area contributed by atoms with E-state index in [1.54, 1.807) is 42.1 Å². The van der Waals surface area contributed by atoms with Gasteiger partial charge in [0.25, 0.3) is 0 Å². The van der Waals surface area contributed by atoms with Gasteiger partial charge in [-0.3, -0.25) is 15.4 Å². The highest BCUT2D eigenvalue weighted by Gasteiger charge is 2.26. The Kier molecular flexibility index (Phi) is 5.08. The van der Waals surface area contributed by atoms with E-state index < -0.39 is 12.3 Å². The number of methoxy groups -OCH3 is 1. The van der Waals surface area contributed by atoms with Crippen LogP contribution in [0.1, 0.15) is 25.3 Å². The highest BCUT2D eigenvalue weighted by atomic mass is 16.5. The number of aromatic nitrogens is 2. The van der Waals surface area contributed by atoms with Gasteiger partial charge in [-0.05, 0) is 38.1 Å². The van der Waals surface area contributed by atoms with E-state index in [0.717, 1.165) is 5.69 Å². The summed E-state index contributed by atoms with van der Waals surface area (Å²) in [6.45, 7) is 3.74. The Labute approximate surface area is 151 Å². The Balaban J connectivity index is 1.71. The van der Waals surface area contributed by atoms with Crippen molar-refractivity contribution in [3.8, 4) is 5.75 Å². The van der Waals surface area contributed by atoms with E-state index in [4.69, 9.17) is 4.74 Å². The number of nitrogens with one attached hydrogen (secondary N) is 4. The standard InChI is InChI=1S/C17H22N6O3/c1-10-9-15(24)21-16(18-10)23-14(8-11(2)22-23)20-17(25)19-12-4-6-13(26-3)7-5-12/h4-8,10,16,18H,9H2,1-3H3,(H,21,24)(H2,19,20,25). The third-order valence-electron chi connectivity index (χ3n) is 3.92. The summed E-state index contributed by atoms with van der Waals surface area (Å²) in [6, 6.07) is 8.34. The minimum Gasteiger partial charge on any atom is -0.497 e. The fraction of sp³-hybridized carbons (Fsp3) is 0.353. The average molecular weight is 358 g/mol. The van der Waals surface area contributed by atoms with Crippen LogP contribution in [-0.2, 0) is 4.79 Å². The maximum atomic E-state index is 12.3. The molecule has 0 aliphatic carbocycles. The molecule has 2 unspecified atom stereocenters. The molecule has 26 heavy (non-hydrogen) atoms. The first kappa shape index (κ1) is 17.7. The molecule has 2 heterocycles. The van der Waals surface area contributed by atoms with Gasteiger partial charge in [-0.1, -0.05) is 0 Å². The number of nitrogens with zero attached hydrogens (tertiary/aromatic N) is 2. The van der Waals surface area contributed by atoms with Crippen LogP contribution >= 0.6 is 0 Å². The third-order valence-corrected chi connectivity index (χ3v) is 3.92. The first-order chi connectivity index (χ1) is 12.4. The highest BCUT2D eigenvalue weighted by Crippen LogP contribution is 2.18. The van der Waals surface area contributed by atoms with Crippen LogP contribution in [0.3, 0.4) is 0 Å². The molecule has 4 N–H and O–H groups in total. The molecule has 3 amide bonds. The number of carbonyl (C=O) groups is 2. The smallest absolute Gasteiger partial charge is 0.324 e. The summed E-state index contributed by atoms with van der Waals surface area (Å²) in [6.07, 6.45) is -0.117. The van der Waals surface area contributed by atoms with Gasteiger partial charge in [-0.2, -0.15) is 5.10 Å². The zero-order valence-electron chi connectivity index (χ0n) is 14.9. The van der Waals surface area contributed by atoms with Crippen LogP contribution in [0.25, 0.3) is 0 Å². The summed E-state index contributed by atoms with van der Waals surface area (Å²) in [5.41, 5.74) is 1.35. The van der Waals surface area contributed by atoms with Gasteiger partial charge in [0.1, 0.15) is 11.6 Å². The Morgan fingerprint density at radius 3 is 2.69 bits per heavy atom. The molecular weight excluding hydrogens is 336 g/mol. The van der Waals surface area contributed by atoms with Crippen LogP contribution < -0.4 is 26.0 Å². The first-order valence-electron chi connectivity index (χ1n) is 8.28. The Bertz CT molecular complexity index is 801. The van der Waals surface area contributed by atoms with Crippen molar-refractivity contribution < 1.29 is 14.3 Å². The van der Waals surface area contributed by atoms with Crippen LogP contribution in [0, 0.1) is 6.92 Å². The van der Waals surface area contributed by atoms with Crippen LogP contribution in [0.2, 0.25) is 0 Å². The second-order valence-corrected chi connectivity index (χ2v) is 6.17. The lowest BCUT2D eigenvalue weighted by molar-refractivity contribution is -0.125. The molecule has 2 aromatic rings. The molecule has 138 valence electrons. The molecule has 0 radical (unpaired) electrons. The lowest BCUT2D eigenvalue weighted by Crippen LogP contribution is -2.52. The van der Waals surface area contributed by atoms with Crippen molar-refractivity contribution in [1.29, 1.82) is 0 Å². The number of carbonyl (C=O) groups excluding carboxylic acids is 2. The summed E-state index contributed by atoms with van der Waals surface area (Å²) in [4.78, 5) is 24.1. The Morgan fingerprint density at radius 1 is 1.31 bits per heavy atom. The molecule has 1 saturated heterocycles. The molecule has 9 nitrogen and oxygen atoms in total. The number of rotatable bonds is 4. The highest BCUT2D eigenvalue weighted by molar-refractivity contribution is 5.99. The van der Waals surface area contributed by atoms with Crippen LogP contribution in [0.15, 0.2) is 30.3 Å². The molecule has 1 aliphatic heterocycles. The Morgan fingerprint density at radius 2 is 2.04 bits per heavy atom. The van der Waals surface area contributed by atoms with E-state index >= 15 is 0 Å². The fourth-order valence-corrected chi connectivity index (χ4v) is 2.75. The van der Waals surface area contributed by atoms with Crippen LogP contribution in [-0.4, -0.2) is 34.9 Å². The van der Waals surface area contributed by atoms with Gasteiger partial charge in [0.2, 0.25) is 5.91 Å². The molecule has 1 aromatic carbocycles. The van der Waals surface area contributed by atoms with Crippen molar-refractivity contribution in [3.05, 3.63) is 36.0 Å².